The van der Waals surface area contributed by atoms with E-state index in [0.717, 1.165) is 11.5 Å². The molecule has 0 spiro atoms. The summed E-state index contributed by atoms with van der Waals surface area (Å²) in [6, 6.07) is 6.96. The Hall–Kier alpha value is 0.550. The van der Waals surface area contributed by atoms with E-state index in [4.69, 9.17) is 8.37 Å². The van der Waals surface area contributed by atoms with Crippen molar-refractivity contribution < 1.29 is 22.7 Å². The Morgan fingerprint density at radius 3 is 1.27 bits per heavy atom. The maximum absolute atomic E-state index is 13.4. The topological polar surface area (TPSA) is 69.7 Å². The van der Waals surface area contributed by atoms with Gasteiger partial charge < -0.3 is 8.37 Å². The van der Waals surface area contributed by atoms with E-state index < -0.39 is 0 Å². The van der Waals surface area contributed by atoms with Gasteiger partial charge in [-0.05, 0) is 127 Å². The Morgan fingerprint density at radius 2 is 0.977 bits per heavy atom. The highest BCUT2D eigenvalue weighted by Crippen LogP contribution is 2.41. The number of carbonyl (C=O) groups is 3. The molecule has 0 aliphatic carbocycles. The first-order chi connectivity index (χ1) is 20.7. The SMILES string of the molecule is C=C(C)C(=O)SCCSC(C)SOc1c(Br)cc(C(=O)c2cc(Br)c(OSC(C)SCCSC(=O)C(=C)C)c(Br)c2)cc1Br. The van der Waals surface area contributed by atoms with Crippen molar-refractivity contribution in [1.29, 1.82) is 0 Å². The number of hydrogen-bond acceptors (Lipinski definition) is 11. The van der Waals surface area contributed by atoms with Crippen molar-refractivity contribution in [3.05, 3.63) is 77.6 Å². The fourth-order valence-corrected chi connectivity index (χ4v) is 11.1. The molecule has 0 aliphatic heterocycles. The standard InChI is InChI=1S/C29H30Br4O5S6/c1-15(2)28(35)41-9-7-39-17(5)43-37-26-21(30)11-19(12-22(26)31)25(34)20-13-23(32)27(24(33)14-20)38-44-18(6)40-8-10-42-29(36)16(3)4/h11-14,17-18H,1,3,7-10H2,2,4-6H3. The van der Waals surface area contributed by atoms with Gasteiger partial charge in [-0.2, -0.15) is 0 Å². The molecule has 44 heavy (non-hydrogen) atoms. The summed E-state index contributed by atoms with van der Waals surface area (Å²) in [7, 11) is 0. The van der Waals surface area contributed by atoms with Crippen molar-refractivity contribution >= 4 is 151 Å². The quantitative estimate of drug-likeness (QED) is 0.0472. The van der Waals surface area contributed by atoms with Gasteiger partial charge in [0.15, 0.2) is 17.3 Å². The number of carbonyl (C=O) groups excluding carboxylic acids is 3. The van der Waals surface area contributed by atoms with Crippen molar-refractivity contribution in [3.63, 3.8) is 0 Å². The highest BCUT2D eigenvalue weighted by atomic mass is 79.9. The predicted octanol–water partition coefficient (Wildman–Crippen LogP) is 11.9. The lowest BCUT2D eigenvalue weighted by Crippen LogP contribution is -2.04. The fraction of sp³-hybridized carbons (Fsp3) is 0.345. The van der Waals surface area contributed by atoms with Gasteiger partial charge in [0.05, 0.1) is 51.1 Å². The van der Waals surface area contributed by atoms with Crippen LogP contribution in [-0.4, -0.2) is 48.2 Å². The molecule has 2 aromatic rings. The summed E-state index contributed by atoms with van der Waals surface area (Å²) in [5.74, 6) is 4.04. The predicted molar refractivity (Wildman–Crippen MR) is 212 cm³/mol. The van der Waals surface area contributed by atoms with Gasteiger partial charge in [-0.3, -0.25) is 14.4 Å². The summed E-state index contributed by atoms with van der Waals surface area (Å²) in [6.45, 7) is 14.9. The van der Waals surface area contributed by atoms with E-state index >= 15 is 0 Å². The molecule has 0 bridgehead atoms. The monoisotopic (exact) mass is 966 g/mol. The maximum atomic E-state index is 13.4. The minimum Gasteiger partial charge on any atom is -0.422 e. The molecular weight excluding hydrogens is 940 g/mol. The summed E-state index contributed by atoms with van der Waals surface area (Å²) in [4.78, 5) is 36.8. The Bertz CT molecular complexity index is 1240. The zero-order chi connectivity index (χ0) is 33.0. The summed E-state index contributed by atoms with van der Waals surface area (Å²) < 4.78 is 14.8. The lowest BCUT2D eigenvalue weighted by molar-refractivity contribution is -0.108. The first-order valence-corrected chi connectivity index (χ1v) is 21.6. The van der Waals surface area contributed by atoms with Crippen LogP contribution in [0.2, 0.25) is 0 Å². The zero-order valence-corrected chi connectivity index (χ0v) is 35.5. The molecule has 0 radical (unpaired) electrons. The van der Waals surface area contributed by atoms with Crippen LogP contribution in [0.3, 0.4) is 0 Å². The molecule has 5 nitrogen and oxygen atoms in total. The number of hydrogen-bond donors (Lipinski definition) is 0. The van der Waals surface area contributed by atoms with E-state index in [0.29, 0.717) is 63.2 Å². The van der Waals surface area contributed by atoms with Crippen LogP contribution in [0.4, 0.5) is 0 Å². The molecule has 0 aromatic heterocycles. The van der Waals surface area contributed by atoms with E-state index in [1.54, 1.807) is 61.6 Å². The van der Waals surface area contributed by atoms with Crippen LogP contribution in [0, 0.1) is 0 Å². The number of halogens is 4. The minimum absolute atomic E-state index is 0.0218. The van der Waals surface area contributed by atoms with E-state index in [9.17, 15) is 14.4 Å². The molecule has 0 aliphatic rings. The molecule has 2 aromatic carbocycles. The fourth-order valence-electron chi connectivity index (χ4n) is 2.94. The van der Waals surface area contributed by atoms with E-state index in [1.165, 1.54) is 47.6 Å². The van der Waals surface area contributed by atoms with Gasteiger partial charge in [-0.25, -0.2) is 0 Å². The average molecular weight is 971 g/mol. The third-order valence-corrected chi connectivity index (χ3v) is 14.2. The minimum atomic E-state index is -0.164. The molecule has 0 saturated heterocycles. The lowest BCUT2D eigenvalue weighted by Gasteiger charge is -2.15. The Kier molecular flexibility index (Phi) is 19.3. The van der Waals surface area contributed by atoms with Gasteiger partial charge in [0.2, 0.25) is 10.2 Å². The smallest absolute Gasteiger partial charge is 0.214 e. The molecule has 2 rings (SSSR count). The van der Waals surface area contributed by atoms with Crippen molar-refractivity contribution in [2.45, 2.75) is 36.9 Å². The zero-order valence-electron chi connectivity index (χ0n) is 24.2. The number of rotatable bonds is 18. The second-order valence-corrected chi connectivity index (χ2v) is 20.1. The van der Waals surface area contributed by atoms with Crippen molar-refractivity contribution in [2.75, 3.05) is 23.0 Å². The van der Waals surface area contributed by atoms with Gasteiger partial charge in [0, 0.05) is 34.1 Å². The van der Waals surface area contributed by atoms with Crippen molar-refractivity contribution in [2.24, 2.45) is 0 Å². The van der Waals surface area contributed by atoms with Crippen LogP contribution in [0.5, 0.6) is 11.5 Å². The largest absolute Gasteiger partial charge is 0.422 e. The van der Waals surface area contributed by atoms with Gasteiger partial charge in [0.1, 0.15) is 0 Å². The third-order valence-electron chi connectivity index (χ3n) is 5.09. The normalized spacial score (nSPS) is 12.4. The highest BCUT2D eigenvalue weighted by molar-refractivity contribution is 9.11. The molecule has 15 heteroatoms. The maximum Gasteiger partial charge on any atom is 0.214 e. The molecule has 2 atom stereocenters. The van der Waals surface area contributed by atoms with Crippen LogP contribution >= 0.6 is 135 Å². The molecule has 0 amide bonds. The number of benzene rings is 2. The average Bonchev–Trinajstić information content (AvgIpc) is 2.95. The van der Waals surface area contributed by atoms with Gasteiger partial charge in [-0.15, -0.1) is 23.5 Å². The van der Waals surface area contributed by atoms with E-state index in [2.05, 4.69) is 76.9 Å². The molecular formula is C29H30Br4O5S6. The van der Waals surface area contributed by atoms with Crippen molar-refractivity contribution in [1.82, 2.24) is 0 Å². The first kappa shape index (κ1) is 40.7. The summed E-state index contributed by atoms with van der Waals surface area (Å²) in [6.07, 6.45) is 0. The number of thioether (sulfide) groups is 4. The highest BCUT2D eigenvalue weighted by Gasteiger charge is 2.20. The Balaban J connectivity index is 1.95. The molecule has 0 heterocycles. The summed E-state index contributed by atoms with van der Waals surface area (Å²) >= 11 is 22.8. The Labute approximate surface area is 319 Å². The van der Waals surface area contributed by atoms with Crippen LogP contribution < -0.4 is 8.37 Å². The summed E-state index contributed by atoms with van der Waals surface area (Å²) in [5.41, 5.74) is 2.09. The molecule has 240 valence electrons. The number of ketones is 1. The molecule has 2 unspecified atom stereocenters. The van der Waals surface area contributed by atoms with Crippen molar-refractivity contribution in [3.8, 4) is 11.5 Å². The Morgan fingerprint density at radius 1 is 0.659 bits per heavy atom. The van der Waals surface area contributed by atoms with Gasteiger partial charge in [0.25, 0.3) is 0 Å². The van der Waals surface area contributed by atoms with Crippen LogP contribution in [0.25, 0.3) is 0 Å². The van der Waals surface area contributed by atoms with Gasteiger partial charge in [-0.1, -0.05) is 36.7 Å². The van der Waals surface area contributed by atoms with Crippen LogP contribution in [0.1, 0.15) is 43.6 Å². The second-order valence-electron chi connectivity index (χ2n) is 8.94. The first-order valence-electron chi connectivity index (χ1n) is 12.8. The molecule has 0 N–H and O–H groups in total. The lowest BCUT2D eigenvalue weighted by atomic mass is 10.0. The molecule has 0 saturated carbocycles. The third kappa shape index (κ3) is 14.0. The van der Waals surface area contributed by atoms with Gasteiger partial charge >= 0.3 is 0 Å². The van der Waals surface area contributed by atoms with Crippen LogP contribution in [-0.2, 0) is 9.59 Å². The summed E-state index contributed by atoms with van der Waals surface area (Å²) in [5, 5.41) is 0.0437. The van der Waals surface area contributed by atoms with E-state index in [1.807, 2.05) is 13.8 Å². The van der Waals surface area contributed by atoms with E-state index in [-0.39, 0.29) is 25.2 Å². The molecule has 0 fully saturated rings. The van der Waals surface area contributed by atoms with Crippen LogP contribution in [0.15, 0.2) is 66.5 Å². The second kappa shape index (κ2) is 20.8.